The molecule has 0 saturated carbocycles. The molecule has 10 nitrogen and oxygen atoms in total. The molecule has 4 N–H and O–H groups in total. The maximum atomic E-state index is 11.9. The monoisotopic (exact) mass is 596 g/mol. The van der Waals surface area contributed by atoms with Crippen LogP contribution in [0.5, 0.6) is 23.0 Å². The first-order chi connectivity index (χ1) is 21.2. The SMILES string of the molecule is COc1ccc(C[C@H](N=Cc2cccc(-c3cccc(C=N[C@@H](Cc4ccc(OC)cc4)C(=O)O)c3O)c2O)C(=O)O)cc1. The average molecular weight is 597 g/mol. The Balaban J connectivity index is 1.56. The zero-order chi connectivity index (χ0) is 31.6. The first-order valence-corrected chi connectivity index (χ1v) is 13.6. The van der Waals surface area contributed by atoms with Crippen LogP contribution in [-0.2, 0) is 22.4 Å². The summed E-state index contributed by atoms with van der Waals surface area (Å²) in [5, 5.41) is 41.6. The number of hydrogen-bond acceptors (Lipinski definition) is 8. The van der Waals surface area contributed by atoms with Crippen LogP contribution in [0, 0.1) is 0 Å². The Morgan fingerprint density at radius 3 is 1.32 bits per heavy atom. The number of hydrogen-bond donors (Lipinski definition) is 4. The van der Waals surface area contributed by atoms with Crippen molar-refractivity contribution in [3.63, 3.8) is 0 Å². The van der Waals surface area contributed by atoms with E-state index in [0.29, 0.717) is 11.5 Å². The quantitative estimate of drug-likeness (QED) is 0.157. The van der Waals surface area contributed by atoms with Crippen LogP contribution in [-0.4, -0.2) is 71.1 Å². The van der Waals surface area contributed by atoms with Gasteiger partial charge in [0.1, 0.15) is 23.0 Å². The number of nitrogens with zero attached hydrogens (tertiary/aromatic N) is 2. The lowest BCUT2D eigenvalue weighted by Gasteiger charge is -2.12. The minimum atomic E-state index is -1.12. The molecule has 4 aromatic rings. The molecule has 0 unspecified atom stereocenters. The first kappa shape index (κ1) is 31.3. The topological polar surface area (TPSA) is 158 Å². The Hall–Kier alpha value is -5.64. The second kappa shape index (κ2) is 14.5. The van der Waals surface area contributed by atoms with Crippen LogP contribution < -0.4 is 9.47 Å². The summed E-state index contributed by atoms with van der Waals surface area (Å²) in [5.74, 6) is -1.36. The third-order valence-electron chi connectivity index (χ3n) is 6.96. The summed E-state index contributed by atoms with van der Waals surface area (Å²) in [4.78, 5) is 32.2. The van der Waals surface area contributed by atoms with Gasteiger partial charge in [0.05, 0.1) is 14.2 Å². The van der Waals surface area contributed by atoms with Crippen molar-refractivity contribution in [3.05, 3.63) is 107 Å². The molecule has 0 aliphatic carbocycles. The molecule has 0 aliphatic heterocycles. The van der Waals surface area contributed by atoms with Gasteiger partial charge in [-0.3, -0.25) is 9.98 Å². The summed E-state index contributed by atoms with van der Waals surface area (Å²) in [5.41, 5.74) is 2.57. The van der Waals surface area contributed by atoms with Gasteiger partial charge < -0.3 is 29.9 Å². The number of carbonyl (C=O) groups is 2. The maximum absolute atomic E-state index is 11.9. The van der Waals surface area contributed by atoms with Crippen LogP contribution in [0.1, 0.15) is 22.3 Å². The third kappa shape index (κ3) is 7.80. The fraction of sp³-hybridized carbons (Fsp3) is 0.176. The number of rotatable bonds is 13. The molecule has 0 aliphatic rings. The van der Waals surface area contributed by atoms with E-state index in [1.165, 1.54) is 12.4 Å². The van der Waals surface area contributed by atoms with Crippen molar-refractivity contribution >= 4 is 24.4 Å². The van der Waals surface area contributed by atoms with E-state index in [9.17, 15) is 30.0 Å². The van der Waals surface area contributed by atoms with Gasteiger partial charge in [0.15, 0.2) is 12.1 Å². The molecule has 0 radical (unpaired) electrons. The second-order valence-electron chi connectivity index (χ2n) is 9.86. The zero-order valence-electron chi connectivity index (χ0n) is 24.1. The van der Waals surface area contributed by atoms with Crippen LogP contribution >= 0.6 is 0 Å². The molecular formula is C34H32N2O8. The van der Waals surface area contributed by atoms with Crippen molar-refractivity contribution in [2.75, 3.05) is 14.2 Å². The highest BCUT2D eigenvalue weighted by atomic mass is 16.5. The molecule has 0 bridgehead atoms. The molecule has 0 heterocycles. The standard InChI is InChI=1S/C34H32N2O8/c1-43-25-13-9-21(10-14-25)17-29(33(39)40)35-19-23-5-3-7-27(31(23)37)28-8-4-6-24(32(28)38)20-36-30(34(41)42)18-22-11-15-26(44-2)16-12-22/h3-16,19-20,29-30,37-38H,17-18H2,1-2H3,(H,39,40)(H,41,42)/t29-,30-/m0/s1. The minimum Gasteiger partial charge on any atom is -0.507 e. The van der Waals surface area contributed by atoms with Gasteiger partial charge >= 0.3 is 11.9 Å². The minimum absolute atomic E-state index is 0.133. The average Bonchev–Trinajstić information content (AvgIpc) is 3.03. The van der Waals surface area contributed by atoms with E-state index in [-0.39, 0.29) is 46.6 Å². The molecule has 0 amide bonds. The van der Waals surface area contributed by atoms with Crippen molar-refractivity contribution < 1.29 is 39.5 Å². The Labute approximate surface area is 254 Å². The summed E-state index contributed by atoms with van der Waals surface area (Å²) < 4.78 is 10.3. The molecule has 4 rings (SSSR count). The maximum Gasteiger partial charge on any atom is 0.328 e. The summed E-state index contributed by atoms with van der Waals surface area (Å²) in [6.07, 6.45) is 2.85. The van der Waals surface area contributed by atoms with Crippen molar-refractivity contribution in [3.8, 4) is 34.1 Å². The molecule has 4 aromatic carbocycles. The van der Waals surface area contributed by atoms with E-state index in [1.54, 1.807) is 99.1 Å². The Bertz CT molecular complexity index is 1540. The smallest absolute Gasteiger partial charge is 0.328 e. The number of carboxylic acid groups (broad SMARTS) is 2. The van der Waals surface area contributed by atoms with Crippen molar-refractivity contribution in [2.45, 2.75) is 24.9 Å². The first-order valence-electron chi connectivity index (χ1n) is 13.6. The fourth-order valence-corrected chi connectivity index (χ4v) is 4.48. The van der Waals surface area contributed by atoms with Gasteiger partial charge in [-0.1, -0.05) is 48.5 Å². The van der Waals surface area contributed by atoms with Gasteiger partial charge in [-0.25, -0.2) is 9.59 Å². The van der Waals surface area contributed by atoms with E-state index in [4.69, 9.17) is 9.47 Å². The number of phenolic OH excluding ortho intramolecular Hbond substituents is 2. The van der Waals surface area contributed by atoms with Crippen molar-refractivity contribution in [1.29, 1.82) is 0 Å². The number of carboxylic acids is 2. The molecule has 2 atom stereocenters. The predicted molar refractivity (Wildman–Crippen MR) is 167 cm³/mol. The molecular weight excluding hydrogens is 564 g/mol. The van der Waals surface area contributed by atoms with E-state index in [0.717, 1.165) is 11.1 Å². The predicted octanol–water partition coefficient (Wildman–Crippen LogP) is 5.01. The highest BCUT2D eigenvalue weighted by molar-refractivity contribution is 5.94. The second-order valence-corrected chi connectivity index (χ2v) is 9.86. The van der Waals surface area contributed by atoms with Crippen LogP contribution in [0.4, 0.5) is 0 Å². The Morgan fingerprint density at radius 1 is 0.636 bits per heavy atom. The number of aromatic hydroxyl groups is 2. The third-order valence-corrected chi connectivity index (χ3v) is 6.96. The fourth-order valence-electron chi connectivity index (χ4n) is 4.48. The lowest BCUT2D eigenvalue weighted by molar-refractivity contribution is -0.139. The van der Waals surface area contributed by atoms with E-state index < -0.39 is 24.0 Å². The summed E-state index contributed by atoms with van der Waals surface area (Å²) >= 11 is 0. The molecule has 0 aromatic heterocycles. The van der Waals surface area contributed by atoms with Crippen molar-refractivity contribution in [2.24, 2.45) is 9.98 Å². The Morgan fingerprint density at radius 2 is 1.00 bits per heavy atom. The molecule has 0 saturated heterocycles. The molecule has 10 heteroatoms. The van der Waals surface area contributed by atoms with Crippen LogP contribution in [0.25, 0.3) is 11.1 Å². The molecule has 226 valence electrons. The molecule has 0 fully saturated rings. The van der Waals surface area contributed by atoms with Gasteiger partial charge in [0.25, 0.3) is 0 Å². The van der Waals surface area contributed by atoms with E-state index in [1.807, 2.05) is 0 Å². The number of methoxy groups -OCH3 is 2. The molecule has 0 spiro atoms. The summed E-state index contributed by atoms with van der Waals surface area (Å²) in [7, 11) is 3.09. The number of aliphatic imine (C=N–C) groups is 2. The summed E-state index contributed by atoms with van der Waals surface area (Å²) in [6, 6.07) is 21.4. The number of benzene rings is 4. The lowest BCUT2D eigenvalue weighted by Crippen LogP contribution is -2.21. The largest absolute Gasteiger partial charge is 0.507 e. The van der Waals surface area contributed by atoms with Crippen LogP contribution in [0.2, 0.25) is 0 Å². The zero-order valence-corrected chi connectivity index (χ0v) is 24.1. The highest BCUT2D eigenvalue weighted by Crippen LogP contribution is 2.38. The van der Waals surface area contributed by atoms with Gasteiger partial charge in [0, 0.05) is 47.5 Å². The summed E-state index contributed by atoms with van der Waals surface area (Å²) in [6.45, 7) is 0. The van der Waals surface area contributed by atoms with E-state index in [2.05, 4.69) is 9.98 Å². The van der Waals surface area contributed by atoms with Gasteiger partial charge in [-0.15, -0.1) is 0 Å². The van der Waals surface area contributed by atoms with Gasteiger partial charge in [-0.2, -0.15) is 0 Å². The number of para-hydroxylation sites is 2. The lowest BCUT2D eigenvalue weighted by atomic mass is 9.98. The normalized spacial score (nSPS) is 12.7. The van der Waals surface area contributed by atoms with Gasteiger partial charge in [-0.05, 0) is 47.5 Å². The number of aliphatic carboxylic acids is 2. The highest BCUT2D eigenvalue weighted by Gasteiger charge is 2.19. The van der Waals surface area contributed by atoms with Crippen LogP contribution in [0.3, 0.4) is 0 Å². The van der Waals surface area contributed by atoms with Crippen LogP contribution in [0.15, 0.2) is 94.9 Å². The van der Waals surface area contributed by atoms with E-state index >= 15 is 0 Å². The number of phenols is 2. The Kier molecular flexibility index (Phi) is 10.3. The number of ether oxygens (including phenoxy) is 2. The molecule has 44 heavy (non-hydrogen) atoms. The van der Waals surface area contributed by atoms with Gasteiger partial charge in [0.2, 0.25) is 0 Å². The van der Waals surface area contributed by atoms with Crippen molar-refractivity contribution in [1.82, 2.24) is 0 Å².